The van der Waals surface area contributed by atoms with Gasteiger partial charge in [-0.15, -0.1) is 0 Å². The van der Waals surface area contributed by atoms with Crippen LogP contribution in [0.5, 0.6) is 0 Å². The lowest BCUT2D eigenvalue weighted by Crippen LogP contribution is -2.36. The highest BCUT2D eigenvalue weighted by Gasteiger charge is 2.23. The monoisotopic (exact) mass is 253 g/mol. The van der Waals surface area contributed by atoms with Crippen molar-refractivity contribution in [1.82, 2.24) is 14.9 Å². The lowest BCUT2D eigenvalue weighted by molar-refractivity contribution is 0.364. The number of imidazole rings is 1. The van der Waals surface area contributed by atoms with Crippen LogP contribution in [-0.4, -0.2) is 28.1 Å². The largest absolute Gasteiger partial charge is 0.333 e. The summed E-state index contributed by atoms with van der Waals surface area (Å²) in [5.74, 6) is 3.48. The minimum Gasteiger partial charge on any atom is -0.333 e. The molecule has 1 aliphatic heterocycles. The minimum atomic E-state index is -0.0000826. The molecule has 96 valence electrons. The van der Waals surface area contributed by atoms with Gasteiger partial charge in [-0.2, -0.15) is 11.8 Å². The Labute approximate surface area is 108 Å². The fourth-order valence-corrected chi connectivity index (χ4v) is 3.53. The Bertz CT molecular complexity index is 353. The van der Waals surface area contributed by atoms with E-state index in [-0.39, 0.29) is 5.54 Å². The third kappa shape index (κ3) is 3.05. The zero-order valence-corrected chi connectivity index (χ0v) is 11.9. The molecule has 0 saturated carbocycles. The Hall–Kier alpha value is -0.480. The van der Waals surface area contributed by atoms with Crippen molar-refractivity contribution >= 4 is 11.8 Å². The van der Waals surface area contributed by atoms with Crippen molar-refractivity contribution < 1.29 is 0 Å². The van der Waals surface area contributed by atoms with Gasteiger partial charge in [0.15, 0.2) is 0 Å². The molecule has 1 N–H and O–H groups in total. The first kappa shape index (κ1) is 13.0. The summed E-state index contributed by atoms with van der Waals surface area (Å²) < 4.78 is 2.33. The zero-order valence-electron chi connectivity index (χ0n) is 11.1. The maximum Gasteiger partial charge on any atom is 0.0948 e. The smallest absolute Gasteiger partial charge is 0.0948 e. The van der Waals surface area contributed by atoms with Gasteiger partial charge in [0.05, 0.1) is 17.6 Å². The summed E-state index contributed by atoms with van der Waals surface area (Å²) in [4.78, 5) is 4.32. The number of hydrogen-bond donors (Lipinski definition) is 1. The summed E-state index contributed by atoms with van der Waals surface area (Å²) >= 11 is 2.09. The normalized spacial score (nSPS) is 18.5. The van der Waals surface area contributed by atoms with E-state index in [0.717, 1.165) is 12.5 Å². The van der Waals surface area contributed by atoms with Gasteiger partial charge in [-0.1, -0.05) is 0 Å². The molecule has 0 unspecified atom stereocenters. The summed E-state index contributed by atoms with van der Waals surface area (Å²) in [7, 11) is 2.01. The molecule has 0 atom stereocenters. The summed E-state index contributed by atoms with van der Waals surface area (Å²) in [5, 5.41) is 3.36. The minimum absolute atomic E-state index is 0.0000826. The Morgan fingerprint density at radius 2 is 2.18 bits per heavy atom. The van der Waals surface area contributed by atoms with Crippen molar-refractivity contribution in [3.05, 3.63) is 18.2 Å². The van der Waals surface area contributed by atoms with Crippen LogP contribution in [0.2, 0.25) is 0 Å². The fourth-order valence-electron chi connectivity index (χ4n) is 2.32. The topological polar surface area (TPSA) is 29.9 Å². The second kappa shape index (κ2) is 5.44. The standard InChI is InChI=1S/C13H23N3S/c1-13(2,14-3)12-8-15-10-16(12)9-11-4-6-17-7-5-11/h8,10-11,14H,4-7,9H2,1-3H3. The molecule has 2 heterocycles. The van der Waals surface area contributed by atoms with Gasteiger partial charge in [0, 0.05) is 12.7 Å². The van der Waals surface area contributed by atoms with Crippen molar-refractivity contribution in [2.75, 3.05) is 18.6 Å². The van der Waals surface area contributed by atoms with Crippen LogP contribution in [0.15, 0.2) is 12.5 Å². The van der Waals surface area contributed by atoms with Crippen molar-refractivity contribution in [1.29, 1.82) is 0 Å². The van der Waals surface area contributed by atoms with Crippen LogP contribution in [0.3, 0.4) is 0 Å². The Kier molecular flexibility index (Phi) is 4.15. The average Bonchev–Trinajstić information content (AvgIpc) is 2.79. The lowest BCUT2D eigenvalue weighted by atomic mass is 9.99. The second-order valence-corrected chi connectivity index (χ2v) is 6.59. The Morgan fingerprint density at radius 1 is 1.47 bits per heavy atom. The van der Waals surface area contributed by atoms with E-state index in [0.29, 0.717) is 0 Å². The van der Waals surface area contributed by atoms with Crippen LogP contribution in [0, 0.1) is 5.92 Å². The Balaban J connectivity index is 2.08. The number of nitrogens with zero attached hydrogens (tertiary/aromatic N) is 2. The van der Waals surface area contributed by atoms with Crippen LogP contribution in [0.1, 0.15) is 32.4 Å². The highest BCUT2D eigenvalue weighted by Crippen LogP contribution is 2.26. The van der Waals surface area contributed by atoms with Crippen molar-refractivity contribution in [2.45, 2.75) is 38.8 Å². The molecular weight excluding hydrogens is 230 g/mol. The van der Waals surface area contributed by atoms with E-state index in [4.69, 9.17) is 0 Å². The molecule has 0 amide bonds. The summed E-state index contributed by atoms with van der Waals surface area (Å²) in [6, 6.07) is 0. The summed E-state index contributed by atoms with van der Waals surface area (Å²) in [5.41, 5.74) is 1.29. The van der Waals surface area contributed by atoms with E-state index >= 15 is 0 Å². The van der Waals surface area contributed by atoms with E-state index < -0.39 is 0 Å². The van der Waals surface area contributed by atoms with E-state index in [2.05, 4.69) is 40.5 Å². The first-order valence-electron chi connectivity index (χ1n) is 6.41. The summed E-state index contributed by atoms with van der Waals surface area (Å²) in [6.07, 6.45) is 6.68. The third-order valence-corrected chi connectivity index (χ3v) is 4.82. The molecule has 1 fully saturated rings. The molecule has 17 heavy (non-hydrogen) atoms. The molecule has 4 heteroatoms. The highest BCUT2D eigenvalue weighted by molar-refractivity contribution is 7.99. The van der Waals surface area contributed by atoms with E-state index in [1.54, 1.807) is 0 Å². The lowest BCUT2D eigenvalue weighted by Gasteiger charge is -2.28. The van der Waals surface area contributed by atoms with Crippen LogP contribution in [0.25, 0.3) is 0 Å². The maximum absolute atomic E-state index is 4.32. The van der Waals surface area contributed by atoms with Crippen LogP contribution in [-0.2, 0) is 12.1 Å². The molecule has 1 saturated heterocycles. The molecule has 0 bridgehead atoms. The molecular formula is C13H23N3S. The molecule has 1 aromatic heterocycles. The van der Waals surface area contributed by atoms with Gasteiger partial charge in [0.25, 0.3) is 0 Å². The van der Waals surface area contributed by atoms with Crippen molar-refractivity contribution in [2.24, 2.45) is 5.92 Å². The SMILES string of the molecule is CNC(C)(C)c1cncn1CC1CCSCC1. The molecule has 1 aliphatic rings. The predicted octanol–water partition coefficient (Wildman–Crippen LogP) is 2.48. The maximum atomic E-state index is 4.32. The van der Waals surface area contributed by atoms with Gasteiger partial charge in [0.1, 0.15) is 0 Å². The predicted molar refractivity (Wildman–Crippen MR) is 74.4 cm³/mol. The van der Waals surface area contributed by atoms with Gasteiger partial charge in [-0.3, -0.25) is 0 Å². The number of aromatic nitrogens is 2. The van der Waals surface area contributed by atoms with Gasteiger partial charge in [-0.25, -0.2) is 4.98 Å². The van der Waals surface area contributed by atoms with Gasteiger partial charge < -0.3 is 9.88 Å². The van der Waals surface area contributed by atoms with Crippen molar-refractivity contribution in [3.8, 4) is 0 Å². The molecule has 0 spiro atoms. The molecule has 1 aromatic rings. The van der Waals surface area contributed by atoms with Crippen LogP contribution >= 0.6 is 11.8 Å². The van der Waals surface area contributed by atoms with Crippen LogP contribution < -0.4 is 5.32 Å². The summed E-state index contributed by atoms with van der Waals surface area (Å²) in [6.45, 7) is 5.54. The third-order valence-electron chi connectivity index (χ3n) is 3.77. The molecule has 2 rings (SSSR count). The molecule has 0 aliphatic carbocycles. The quantitative estimate of drug-likeness (QED) is 0.894. The zero-order chi connectivity index (χ0) is 12.3. The number of thioether (sulfide) groups is 1. The highest BCUT2D eigenvalue weighted by atomic mass is 32.2. The van der Waals surface area contributed by atoms with E-state index in [1.807, 2.05) is 19.6 Å². The number of nitrogens with one attached hydrogen (secondary N) is 1. The second-order valence-electron chi connectivity index (χ2n) is 5.36. The molecule has 0 aromatic carbocycles. The van der Waals surface area contributed by atoms with E-state index in [9.17, 15) is 0 Å². The molecule has 3 nitrogen and oxygen atoms in total. The van der Waals surface area contributed by atoms with Gasteiger partial charge in [0.2, 0.25) is 0 Å². The van der Waals surface area contributed by atoms with Crippen LogP contribution in [0.4, 0.5) is 0 Å². The Morgan fingerprint density at radius 3 is 2.82 bits per heavy atom. The van der Waals surface area contributed by atoms with Gasteiger partial charge in [-0.05, 0) is 51.2 Å². The fraction of sp³-hybridized carbons (Fsp3) is 0.769. The molecule has 0 radical (unpaired) electrons. The first-order valence-corrected chi connectivity index (χ1v) is 7.56. The number of hydrogen-bond acceptors (Lipinski definition) is 3. The van der Waals surface area contributed by atoms with E-state index in [1.165, 1.54) is 30.0 Å². The van der Waals surface area contributed by atoms with Crippen molar-refractivity contribution in [3.63, 3.8) is 0 Å². The average molecular weight is 253 g/mol. The van der Waals surface area contributed by atoms with Gasteiger partial charge >= 0.3 is 0 Å². The first-order chi connectivity index (χ1) is 8.13. The number of rotatable bonds is 4.